The Bertz CT molecular complexity index is 1050. The van der Waals surface area contributed by atoms with E-state index in [4.69, 9.17) is 4.74 Å². The summed E-state index contributed by atoms with van der Waals surface area (Å²) in [4.78, 5) is 35.7. The molecule has 3 heterocycles. The van der Waals surface area contributed by atoms with E-state index in [1.807, 2.05) is 28.0 Å². The van der Waals surface area contributed by atoms with Crippen LogP contribution in [0.15, 0.2) is 41.8 Å². The molecule has 2 aromatic rings. The molecule has 1 aliphatic carbocycles. The zero-order chi connectivity index (χ0) is 26.3. The second-order valence-corrected chi connectivity index (χ2v) is 12.1. The number of carbonyl (C=O) groups excluding carboxylic acids is 2. The molecule has 0 radical (unpaired) electrons. The number of methoxy groups -OCH3 is 1. The maximum Gasteiger partial charge on any atom is 0.254 e. The average Bonchev–Trinajstić information content (AvgIpc) is 3.56. The van der Waals surface area contributed by atoms with Crippen LogP contribution < -0.4 is 10.1 Å². The number of hydrogen-bond donors (Lipinski definition) is 1. The van der Waals surface area contributed by atoms with Crippen molar-refractivity contribution in [2.24, 2.45) is 5.92 Å². The Hall–Kier alpha value is -2.42. The molecule has 3 fully saturated rings. The Morgan fingerprint density at radius 2 is 1.95 bits per heavy atom. The Morgan fingerprint density at radius 3 is 2.74 bits per heavy atom. The van der Waals surface area contributed by atoms with Crippen molar-refractivity contribution in [1.29, 1.82) is 0 Å². The number of nitrogens with one attached hydrogen (secondary N) is 1. The van der Waals surface area contributed by atoms with Crippen LogP contribution in [0.5, 0.6) is 5.75 Å². The molecule has 38 heavy (non-hydrogen) atoms. The Labute approximate surface area is 231 Å². The lowest BCUT2D eigenvalue weighted by Gasteiger charge is -2.33. The molecule has 5 rings (SSSR count). The second-order valence-electron chi connectivity index (χ2n) is 11.0. The summed E-state index contributed by atoms with van der Waals surface area (Å²) >= 11 is 1.79. The van der Waals surface area contributed by atoms with Crippen LogP contribution in [0.3, 0.4) is 0 Å². The van der Waals surface area contributed by atoms with Crippen molar-refractivity contribution in [3.05, 3.63) is 52.2 Å². The number of rotatable bonds is 8. The van der Waals surface area contributed by atoms with E-state index >= 15 is 0 Å². The number of likely N-dealkylation sites (tertiary alicyclic amines) is 1. The fourth-order valence-corrected chi connectivity index (χ4v) is 7.11. The smallest absolute Gasteiger partial charge is 0.254 e. The molecule has 1 saturated carbocycles. The van der Waals surface area contributed by atoms with Crippen LogP contribution in [-0.2, 0) is 11.3 Å². The molecule has 1 aromatic carbocycles. The summed E-state index contributed by atoms with van der Waals surface area (Å²) in [7, 11) is 1.61. The fraction of sp³-hybridized carbons (Fsp3) is 0.600. The van der Waals surface area contributed by atoms with Crippen LogP contribution in [-0.4, -0.2) is 85.0 Å². The molecular formula is C30H42N4O3S. The van der Waals surface area contributed by atoms with E-state index in [9.17, 15) is 9.59 Å². The standard InChI is InChI=1S/C30H42N4O3S/c1-37-26-11-5-10-24(18-26)29(35)34-21-25(19-28(34)30(36)32-15-7-13-31-14-16-32)33(22-27-12-6-17-38-27)20-23-8-3-2-4-9-23/h5-6,10-12,17-18,23,25,28,31H,2-4,7-9,13-16,19-22H2,1H3. The summed E-state index contributed by atoms with van der Waals surface area (Å²) in [6.07, 6.45) is 8.16. The van der Waals surface area contributed by atoms with E-state index < -0.39 is 6.04 Å². The summed E-state index contributed by atoms with van der Waals surface area (Å²) in [5.74, 6) is 1.37. The second kappa shape index (κ2) is 13.1. The van der Waals surface area contributed by atoms with Crippen LogP contribution in [0.25, 0.3) is 0 Å². The normalized spacial score (nSPS) is 23.0. The third-order valence-corrected chi connectivity index (χ3v) is 9.33. The molecule has 0 bridgehead atoms. The van der Waals surface area contributed by atoms with E-state index in [0.717, 1.165) is 39.1 Å². The van der Waals surface area contributed by atoms with Crippen molar-refractivity contribution in [3.8, 4) is 5.75 Å². The molecule has 1 aromatic heterocycles. The van der Waals surface area contributed by atoms with Crippen LogP contribution in [0.2, 0.25) is 0 Å². The van der Waals surface area contributed by atoms with Crippen molar-refractivity contribution in [2.75, 3.05) is 46.4 Å². The largest absolute Gasteiger partial charge is 0.497 e. The van der Waals surface area contributed by atoms with Gasteiger partial charge < -0.3 is 19.9 Å². The lowest BCUT2D eigenvalue weighted by atomic mass is 9.88. The van der Waals surface area contributed by atoms with Gasteiger partial charge in [0.2, 0.25) is 5.91 Å². The first kappa shape index (κ1) is 27.2. The minimum Gasteiger partial charge on any atom is -0.497 e. The Morgan fingerprint density at radius 1 is 1.08 bits per heavy atom. The van der Waals surface area contributed by atoms with E-state index in [1.54, 1.807) is 24.5 Å². The van der Waals surface area contributed by atoms with Crippen LogP contribution >= 0.6 is 11.3 Å². The Kier molecular flexibility index (Phi) is 9.35. The third kappa shape index (κ3) is 6.58. The number of benzene rings is 1. The van der Waals surface area contributed by atoms with E-state index in [-0.39, 0.29) is 17.9 Å². The van der Waals surface area contributed by atoms with Gasteiger partial charge >= 0.3 is 0 Å². The summed E-state index contributed by atoms with van der Waals surface area (Å²) in [6, 6.07) is 11.4. The molecule has 8 heteroatoms. The van der Waals surface area contributed by atoms with E-state index in [1.165, 1.54) is 37.0 Å². The maximum atomic E-state index is 14.0. The summed E-state index contributed by atoms with van der Waals surface area (Å²) in [5.41, 5.74) is 0.581. The first-order valence-electron chi connectivity index (χ1n) is 14.3. The third-order valence-electron chi connectivity index (χ3n) is 8.47. The summed E-state index contributed by atoms with van der Waals surface area (Å²) in [5, 5.41) is 5.54. The van der Waals surface area contributed by atoms with Gasteiger partial charge in [0.1, 0.15) is 11.8 Å². The quantitative estimate of drug-likeness (QED) is 0.545. The molecule has 7 nitrogen and oxygen atoms in total. The molecule has 206 valence electrons. The zero-order valence-electron chi connectivity index (χ0n) is 22.6. The van der Waals surface area contributed by atoms with Gasteiger partial charge in [-0.2, -0.15) is 0 Å². The van der Waals surface area contributed by atoms with Crippen LogP contribution in [0, 0.1) is 5.92 Å². The van der Waals surface area contributed by atoms with Gasteiger partial charge in [-0.3, -0.25) is 14.5 Å². The monoisotopic (exact) mass is 538 g/mol. The fourth-order valence-electron chi connectivity index (χ4n) is 6.38. The van der Waals surface area contributed by atoms with Gasteiger partial charge in [-0.1, -0.05) is 31.4 Å². The number of hydrogen-bond acceptors (Lipinski definition) is 6. The zero-order valence-corrected chi connectivity index (χ0v) is 23.5. The Balaban J connectivity index is 1.41. The average molecular weight is 539 g/mol. The van der Waals surface area contributed by atoms with Gasteiger partial charge in [0.25, 0.3) is 5.91 Å². The number of ether oxygens (including phenoxy) is 1. The maximum absolute atomic E-state index is 14.0. The number of nitrogens with zero attached hydrogens (tertiary/aromatic N) is 3. The lowest BCUT2D eigenvalue weighted by Crippen LogP contribution is -2.48. The molecule has 2 atom stereocenters. The molecule has 2 amide bonds. The predicted octanol–water partition coefficient (Wildman–Crippen LogP) is 4.24. The number of amides is 2. The highest BCUT2D eigenvalue weighted by molar-refractivity contribution is 7.09. The van der Waals surface area contributed by atoms with Crippen LogP contribution in [0.4, 0.5) is 0 Å². The summed E-state index contributed by atoms with van der Waals surface area (Å²) in [6.45, 7) is 5.68. The van der Waals surface area contributed by atoms with Crippen molar-refractivity contribution >= 4 is 23.2 Å². The minimum atomic E-state index is -0.436. The molecule has 2 aliphatic heterocycles. The molecule has 0 spiro atoms. The van der Waals surface area contributed by atoms with Crippen molar-refractivity contribution in [1.82, 2.24) is 20.0 Å². The minimum absolute atomic E-state index is 0.0774. The van der Waals surface area contributed by atoms with Crippen molar-refractivity contribution < 1.29 is 14.3 Å². The highest BCUT2D eigenvalue weighted by atomic mass is 32.1. The van der Waals surface area contributed by atoms with Gasteiger partial charge in [-0.05, 0) is 67.8 Å². The van der Waals surface area contributed by atoms with Crippen molar-refractivity contribution in [2.45, 2.75) is 63.6 Å². The predicted molar refractivity (Wildman–Crippen MR) is 152 cm³/mol. The van der Waals surface area contributed by atoms with Crippen LogP contribution in [0.1, 0.15) is 60.2 Å². The topological polar surface area (TPSA) is 65.1 Å². The lowest BCUT2D eigenvalue weighted by molar-refractivity contribution is -0.135. The molecule has 3 aliphatic rings. The number of thiophene rings is 1. The molecule has 1 N–H and O–H groups in total. The van der Waals surface area contributed by atoms with Gasteiger partial charge in [0, 0.05) is 55.8 Å². The van der Waals surface area contributed by atoms with E-state index in [2.05, 4.69) is 27.7 Å². The first-order chi connectivity index (χ1) is 18.6. The van der Waals surface area contributed by atoms with Crippen molar-refractivity contribution in [3.63, 3.8) is 0 Å². The van der Waals surface area contributed by atoms with Gasteiger partial charge in [0.05, 0.1) is 7.11 Å². The number of carbonyl (C=O) groups is 2. The first-order valence-corrected chi connectivity index (χ1v) is 15.2. The summed E-state index contributed by atoms with van der Waals surface area (Å²) < 4.78 is 5.39. The van der Waals surface area contributed by atoms with Gasteiger partial charge in [-0.15, -0.1) is 11.3 Å². The molecule has 2 unspecified atom stereocenters. The van der Waals surface area contributed by atoms with E-state index in [0.29, 0.717) is 36.7 Å². The SMILES string of the molecule is COc1cccc(C(=O)N2CC(N(Cc3cccs3)CC3CCCCC3)CC2C(=O)N2CCCNCC2)c1. The van der Waals surface area contributed by atoms with Gasteiger partial charge in [-0.25, -0.2) is 0 Å². The molecular weight excluding hydrogens is 496 g/mol. The molecule has 2 saturated heterocycles. The highest BCUT2D eigenvalue weighted by Crippen LogP contribution is 2.32. The highest BCUT2D eigenvalue weighted by Gasteiger charge is 2.44. The van der Waals surface area contributed by atoms with Gasteiger partial charge in [0.15, 0.2) is 0 Å².